The van der Waals surface area contributed by atoms with E-state index in [0.29, 0.717) is 0 Å². The fourth-order valence-electron chi connectivity index (χ4n) is 5.77. The van der Waals surface area contributed by atoms with Crippen LogP contribution in [-0.4, -0.2) is 185 Å². The molecule has 21 nitrogen and oxygen atoms in total. The number of aliphatic hydroxyl groups excluding tert-OH is 10. The molecule has 1 amide bonds. The number of para-hydroxylation sites is 1. The third-order valence-corrected chi connectivity index (χ3v) is 8.69. The minimum Gasteiger partial charge on any atom is -0.477 e. The Hall–Kier alpha value is -2.68. The molecular weight excluding hydrogens is 666 g/mol. The molecular formula is C28H43N3O18. The summed E-state index contributed by atoms with van der Waals surface area (Å²) in [5, 5.41) is 116. The summed E-state index contributed by atoms with van der Waals surface area (Å²) in [6.07, 6.45) is -24.8. The van der Waals surface area contributed by atoms with Crippen molar-refractivity contribution in [2.45, 2.75) is 104 Å². The van der Waals surface area contributed by atoms with Crippen molar-refractivity contribution in [3.8, 4) is 0 Å². The number of rotatable bonds is 12. The monoisotopic (exact) mass is 709 g/mol. The maximum absolute atomic E-state index is 12.9. The lowest BCUT2D eigenvalue weighted by atomic mass is 9.89. The Morgan fingerprint density at radius 1 is 0.980 bits per heavy atom. The number of benzene rings is 1. The van der Waals surface area contributed by atoms with E-state index in [4.69, 9.17) is 35.2 Å². The quantitative estimate of drug-likeness (QED) is 0.0896. The van der Waals surface area contributed by atoms with Crippen LogP contribution in [0.15, 0.2) is 24.3 Å². The van der Waals surface area contributed by atoms with Crippen molar-refractivity contribution in [2.24, 2.45) is 5.73 Å². The molecule has 16 atom stereocenters. The molecule has 49 heavy (non-hydrogen) atoms. The van der Waals surface area contributed by atoms with Gasteiger partial charge in [0.15, 0.2) is 12.6 Å². The van der Waals surface area contributed by atoms with Crippen LogP contribution in [0.25, 0.3) is 0 Å². The molecule has 3 saturated heterocycles. The van der Waals surface area contributed by atoms with Crippen LogP contribution < -0.4 is 16.8 Å². The Balaban J connectivity index is 1.51. The minimum absolute atomic E-state index is 0.00405. The summed E-state index contributed by atoms with van der Waals surface area (Å²) in [6, 6.07) is 2.86. The summed E-state index contributed by atoms with van der Waals surface area (Å²) in [5.41, 5.74) is 11.7. The van der Waals surface area contributed by atoms with Gasteiger partial charge in [-0.05, 0) is 12.1 Å². The van der Waals surface area contributed by atoms with E-state index < -0.39 is 136 Å². The predicted molar refractivity (Wildman–Crippen MR) is 157 cm³/mol. The number of carbonyl (C=O) groups excluding carboxylic acids is 1. The summed E-state index contributed by atoms with van der Waals surface area (Å²) in [6.45, 7) is -2.79. The second-order valence-electron chi connectivity index (χ2n) is 12.0. The van der Waals surface area contributed by atoms with Gasteiger partial charge in [-0.1, -0.05) is 12.1 Å². The highest BCUT2D eigenvalue weighted by atomic mass is 16.8. The maximum atomic E-state index is 12.9. The SMILES string of the molecule is Nc1ccccc1C(=O)N[C@@H]1[C@@H](O)[C@H](O[C@@H]2O[C@H](CO[C@]3(C(=O)O)C[C@H](O)[C@@H](N)[C@H]([C@H](O)[C@H](O)CO)O3)[C@H](O)[C@H](O)[C@H]2O)[C@@H](CO)O[C@H]1O. The van der Waals surface area contributed by atoms with Gasteiger partial charge in [0.05, 0.1) is 37.5 Å². The van der Waals surface area contributed by atoms with E-state index in [0.717, 1.165) is 0 Å². The highest BCUT2D eigenvalue weighted by Gasteiger charge is 2.56. The van der Waals surface area contributed by atoms with Crippen LogP contribution in [-0.2, 0) is 28.5 Å². The van der Waals surface area contributed by atoms with E-state index in [2.05, 4.69) is 5.32 Å². The number of hydrogen-bond acceptors (Lipinski definition) is 19. The number of carboxylic acid groups (broad SMARTS) is 1. The van der Waals surface area contributed by atoms with Crippen molar-refractivity contribution in [3.63, 3.8) is 0 Å². The molecule has 4 rings (SSSR count). The molecule has 0 radical (unpaired) electrons. The molecule has 16 N–H and O–H groups in total. The average molecular weight is 710 g/mol. The summed E-state index contributed by atoms with van der Waals surface area (Å²) in [7, 11) is 0. The van der Waals surface area contributed by atoms with E-state index in [1.165, 1.54) is 18.2 Å². The minimum atomic E-state index is -2.78. The van der Waals surface area contributed by atoms with Gasteiger partial charge in [-0.3, -0.25) is 4.79 Å². The predicted octanol–water partition coefficient (Wildman–Crippen LogP) is -7.38. The normalized spacial score (nSPS) is 41.1. The van der Waals surface area contributed by atoms with Crippen molar-refractivity contribution in [3.05, 3.63) is 29.8 Å². The van der Waals surface area contributed by atoms with Gasteiger partial charge in [-0.2, -0.15) is 0 Å². The van der Waals surface area contributed by atoms with E-state index in [9.17, 15) is 65.8 Å². The lowest BCUT2D eigenvalue weighted by Crippen LogP contribution is -2.68. The van der Waals surface area contributed by atoms with Crippen LogP contribution in [0, 0.1) is 0 Å². The van der Waals surface area contributed by atoms with Gasteiger partial charge in [-0.25, -0.2) is 4.79 Å². The fraction of sp³-hybridized carbons (Fsp3) is 0.714. The number of aliphatic hydroxyl groups is 10. The van der Waals surface area contributed by atoms with Gasteiger partial charge in [0.25, 0.3) is 11.7 Å². The van der Waals surface area contributed by atoms with Crippen molar-refractivity contribution < 1.29 is 89.4 Å². The lowest BCUT2D eigenvalue weighted by molar-refractivity contribution is -0.358. The zero-order valence-electron chi connectivity index (χ0n) is 25.7. The molecule has 0 aliphatic carbocycles. The van der Waals surface area contributed by atoms with Gasteiger partial charge < -0.3 is 96.6 Å². The molecule has 0 bridgehead atoms. The van der Waals surface area contributed by atoms with Gasteiger partial charge in [0.2, 0.25) is 0 Å². The van der Waals surface area contributed by atoms with Crippen molar-refractivity contribution in [1.29, 1.82) is 0 Å². The Bertz CT molecular complexity index is 1280. The molecule has 3 fully saturated rings. The second kappa shape index (κ2) is 16.1. The number of ether oxygens (including phenoxy) is 5. The van der Waals surface area contributed by atoms with Crippen LogP contribution in [0.3, 0.4) is 0 Å². The lowest BCUT2D eigenvalue weighted by Gasteiger charge is -2.47. The summed E-state index contributed by atoms with van der Waals surface area (Å²) >= 11 is 0. The molecule has 21 heteroatoms. The number of carbonyl (C=O) groups is 2. The smallest absolute Gasteiger partial charge is 0.364 e. The van der Waals surface area contributed by atoms with E-state index in [1.807, 2.05) is 0 Å². The molecule has 1 aromatic rings. The van der Waals surface area contributed by atoms with E-state index in [1.54, 1.807) is 6.07 Å². The number of nitrogen functional groups attached to an aromatic ring is 1. The largest absolute Gasteiger partial charge is 0.477 e. The number of nitrogens with one attached hydrogen (secondary N) is 1. The molecule has 0 aromatic heterocycles. The van der Waals surface area contributed by atoms with Crippen LogP contribution in [0.4, 0.5) is 5.69 Å². The first kappa shape index (κ1) is 39.1. The van der Waals surface area contributed by atoms with E-state index in [-0.39, 0.29) is 11.3 Å². The molecule has 3 aliphatic rings. The Morgan fingerprint density at radius 3 is 2.27 bits per heavy atom. The van der Waals surface area contributed by atoms with Crippen molar-refractivity contribution in [2.75, 3.05) is 25.6 Å². The molecule has 0 unspecified atom stereocenters. The fourth-order valence-corrected chi connectivity index (χ4v) is 5.77. The van der Waals surface area contributed by atoms with Gasteiger partial charge >= 0.3 is 5.97 Å². The molecule has 278 valence electrons. The number of anilines is 1. The number of carboxylic acids is 1. The zero-order valence-corrected chi connectivity index (χ0v) is 25.7. The second-order valence-corrected chi connectivity index (χ2v) is 12.0. The van der Waals surface area contributed by atoms with Crippen LogP contribution in [0.2, 0.25) is 0 Å². The third kappa shape index (κ3) is 8.12. The topological polar surface area (TPSA) is 367 Å². The summed E-state index contributed by atoms with van der Waals surface area (Å²) in [4.78, 5) is 25.2. The first-order chi connectivity index (χ1) is 23.1. The summed E-state index contributed by atoms with van der Waals surface area (Å²) < 4.78 is 27.4. The number of amides is 1. The molecule has 1 aromatic carbocycles. The Kier molecular flexibility index (Phi) is 12.9. The van der Waals surface area contributed by atoms with Gasteiger partial charge in [-0.15, -0.1) is 0 Å². The molecule has 3 heterocycles. The number of hydrogen-bond donors (Lipinski definition) is 14. The third-order valence-electron chi connectivity index (χ3n) is 8.69. The van der Waals surface area contributed by atoms with E-state index >= 15 is 0 Å². The van der Waals surface area contributed by atoms with Gasteiger partial charge in [0, 0.05) is 12.1 Å². The molecule has 0 spiro atoms. The first-order valence-corrected chi connectivity index (χ1v) is 15.2. The number of nitrogens with two attached hydrogens (primary N) is 2. The highest BCUT2D eigenvalue weighted by molar-refractivity contribution is 5.99. The maximum Gasteiger partial charge on any atom is 0.364 e. The Labute approximate surface area is 277 Å². The zero-order chi connectivity index (χ0) is 36.4. The van der Waals surface area contributed by atoms with Crippen molar-refractivity contribution in [1.82, 2.24) is 5.32 Å². The van der Waals surface area contributed by atoms with Crippen LogP contribution >= 0.6 is 0 Å². The number of aliphatic carboxylic acids is 1. The van der Waals surface area contributed by atoms with Gasteiger partial charge in [0.1, 0.15) is 67.1 Å². The van der Waals surface area contributed by atoms with Crippen LogP contribution in [0.1, 0.15) is 16.8 Å². The Morgan fingerprint density at radius 2 is 1.65 bits per heavy atom. The standard InChI is InChI=1S/C28H43N3O18/c29-10-4-2-1-3-9(10)24(41)31-16-19(38)22(13(7-33)46-25(16)42)48-26-21(40)20(39)18(37)14(47-26)8-45-28(27(43)44)5-11(34)15(30)23(49-28)17(36)12(35)6-32/h1-4,11-23,25-26,32-40,42H,5-8,29-30H2,(H,31,41)(H,43,44)/t11-,12+,13+,14+,15+,16+,17+,18-,19+,20-,21+,22+,23+,25+,26-,28+/m0/s1. The highest BCUT2D eigenvalue weighted by Crippen LogP contribution is 2.35. The molecule has 3 aliphatic heterocycles. The van der Waals surface area contributed by atoms with Crippen LogP contribution in [0.5, 0.6) is 0 Å². The molecule has 0 saturated carbocycles. The summed E-state index contributed by atoms with van der Waals surface area (Å²) in [5.74, 6) is -5.44. The first-order valence-electron chi connectivity index (χ1n) is 15.2. The van der Waals surface area contributed by atoms with Crippen molar-refractivity contribution >= 4 is 17.6 Å². The average Bonchev–Trinajstić information content (AvgIpc) is 3.07.